The molecule has 0 bridgehead atoms. The normalized spacial score (nSPS) is 11.9. The topological polar surface area (TPSA) is 115 Å². The first-order valence-corrected chi connectivity index (χ1v) is 12.3. The van der Waals surface area contributed by atoms with Crippen molar-refractivity contribution in [2.24, 2.45) is 0 Å². The van der Waals surface area contributed by atoms with E-state index < -0.39 is 16.1 Å². The van der Waals surface area contributed by atoms with Crippen molar-refractivity contribution in [1.29, 1.82) is 0 Å². The first kappa shape index (κ1) is 26.7. The second-order valence-electron chi connectivity index (χ2n) is 6.74. The smallest absolute Gasteiger partial charge is 0.218 e. The predicted octanol–water partition coefficient (Wildman–Crippen LogP) is 4.30. The first-order valence-electron chi connectivity index (χ1n) is 9.61. The van der Waals surface area contributed by atoms with Gasteiger partial charge in [-0.1, -0.05) is 72.8 Å². The van der Waals surface area contributed by atoms with Crippen molar-refractivity contribution in [3.63, 3.8) is 0 Å². The van der Waals surface area contributed by atoms with Crippen molar-refractivity contribution in [1.82, 2.24) is 0 Å². The van der Waals surface area contributed by atoms with Crippen molar-refractivity contribution < 1.29 is 48.6 Å². The molecule has 0 aliphatic carbocycles. The number of para-hydroxylation sites is 2. The molecule has 4 aromatic carbocycles. The predicted molar refractivity (Wildman–Crippen MR) is 129 cm³/mol. The second-order valence-corrected chi connectivity index (χ2v) is 9.03. The maximum atomic E-state index is 11.2. The molecule has 0 heterocycles. The maximum absolute atomic E-state index is 11.2. The average Bonchev–Trinajstić information content (AvgIpc) is 2.80. The van der Waals surface area contributed by atoms with E-state index in [-0.39, 0.29) is 31.0 Å². The van der Waals surface area contributed by atoms with Gasteiger partial charge >= 0.3 is 0 Å². The molecule has 4 rings (SSSR count). The molecule has 0 aromatic heterocycles. The molecule has 0 fully saturated rings. The summed E-state index contributed by atoms with van der Waals surface area (Å²) >= 11 is 0. The van der Waals surface area contributed by atoms with Crippen LogP contribution in [-0.2, 0) is 28.6 Å². The zero-order chi connectivity index (χ0) is 23.1. The molecule has 0 saturated heterocycles. The summed E-state index contributed by atoms with van der Waals surface area (Å²) in [5.74, 6) is 0.219. The van der Waals surface area contributed by atoms with E-state index in [4.69, 9.17) is 0 Å². The Morgan fingerprint density at radius 2 is 0.727 bits per heavy atom. The molecule has 166 valence electrons. The van der Waals surface area contributed by atoms with Crippen LogP contribution >= 0.6 is 16.1 Å². The van der Waals surface area contributed by atoms with Crippen LogP contribution in [0.15, 0.2) is 97.1 Å². The van der Waals surface area contributed by atoms with Gasteiger partial charge in [-0.2, -0.15) is 0 Å². The number of hydrogen-bond acceptors (Lipinski definition) is 4. The Kier molecular flexibility index (Phi) is 10.2. The molecule has 0 radical (unpaired) electrons. The quantitative estimate of drug-likeness (QED) is 0.230. The average molecular weight is 534 g/mol. The van der Waals surface area contributed by atoms with Crippen LogP contribution in [0.2, 0.25) is 0 Å². The Morgan fingerprint density at radius 3 is 1.03 bits per heavy atom. The summed E-state index contributed by atoms with van der Waals surface area (Å²) in [5.41, 5.74) is 2.36. The van der Waals surface area contributed by atoms with Gasteiger partial charge < -0.3 is 20.0 Å². The van der Waals surface area contributed by atoms with Crippen LogP contribution in [0.5, 0.6) is 11.5 Å². The van der Waals surface area contributed by atoms with Crippen LogP contribution < -0.4 is 10.6 Å². The van der Waals surface area contributed by atoms with Crippen molar-refractivity contribution in [3.05, 3.63) is 97.1 Å². The summed E-state index contributed by atoms with van der Waals surface area (Å²) in [6.45, 7) is 0. The Morgan fingerprint density at radius 1 is 0.455 bits per heavy atom. The molecule has 2 unspecified atom stereocenters. The molecule has 6 nitrogen and oxygen atoms in total. The van der Waals surface area contributed by atoms with E-state index in [1.165, 1.54) is 0 Å². The summed E-state index contributed by atoms with van der Waals surface area (Å²) in [4.78, 5) is 18.4. The van der Waals surface area contributed by atoms with Gasteiger partial charge in [0.1, 0.15) is 11.5 Å². The maximum Gasteiger partial charge on any atom is 0.218 e. The van der Waals surface area contributed by atoms with Gasteiger partial charge in [0, 0.05) is 41.2 Å². The summed E-state index contributed by atoms with van der Waals surface area (Å²) in [6.07, 6.45) is 0. The fourth-order valence-corrected chi connectivity index (χ4v) is 4.59. The third-order valence-electron chi connectivity index (χ3n) is 4.70. The van der Waals surface area contributed by atoms with Crippen LogP contribution in [0.25, 0.3) is 22.3 Å². The Balaban J connectivity index is 0.000000227. The van der Waals surface area contributed by atoms with Crippen molar-refractivity contribution in [2.75, 3.05) is 0 Å². The molecule has 4 N–H and O–H groups in total. The molecular formula is C24H22O6P2Zn. The van der Waals surface area contributed by atoms with Crippen molar-refractivity contribution in [2.45, 2.75) is 0 Å². The number of phenols is 2. The van der Waals surface area contributed by atoms with Crippen LogP contribution in [0.3, 0.4) is 0 Å². The van der Waals surface area contributed by atoms with Crippen LogP contribution in [-0.4, -0.2) is 20.0 Å². The molecule has 0 aliphatic heterocycles. The van der Waals surface area contributed by atoms with Gasteiger partial charge in [-0.3, -0.25) is 9.13 Å². The zero-order valence-corrected chi connectivity index (χ0v) is 22.5. The molecule has 0 spiro atoms. The molecule has 0 amide bonds. The number of hydrogen-bond donors (Lipinski definition) is 4. The third-order valence-corrected chi connectivity index (χ3v) is 6.50. The summed E-state index contributed by atoms with van der Waals surface area (Å²) < 4.78 is 22.4. The van der Waals surface area contributed by atoms with Gasteiger partial charge in [0.25, 0.3) is 0 Å². The van der Waals surface area contributed by atoms with Gasteiger partial charge in [-0.25, -0.2) is 0 Å². The van der Waals surface area contributed by atoms with Gasteiger partial charge in [-0.05, 0) is 35.4 Å². The minimum Gasteiger partial charge on any atom is -0.507 e. The molecule has 9 heteroatoms. The van der Waals surface area contributed by atoms with Gasteiger partial charge in [-0.15, -0.1) is 0 Å². The van der Waals surface area contributed by atoms with Crippen molar-refractivity contribution >= 4 is 26.7 Å². The number of rotatable bonds is 4. The Bertz CT molecular complexity index is 1180. The summed E-state index contributed by atoms with van der Waals surface area (Å²) in [5, 5.41) is 20.1. The third kappa shape index (κ3) is 6.74. The SMILES string of the molecule is O=[PH](O)c1ccccc1-c1ccccc1O.O=[PH](O)c1ccccc1-c1ccccc1O.[Zn]. The molecule has 33 heavy (non-hydrogen) atoms. The number of benzene rings is 4. The fraction of sp³-hybridized carbons (Fsp3) is 0. The summed E-state index contributed by atoms with van der Waals surface area (Å²) in [7, 11) is -5.53. The van der Waals surface area contributed by atoms with E-state index in [0.717, 1.165) is 0 Å². The zero-order valence-electron chi connectivity index (χ0n) is 17.6. The minimum absolute atomic E-state index is 0. The van der Waals surface area contributed by atoms with Crippen LogP contribution in [0.1, 0.15) is 0 Å². The van der Waals surface area contributed by atoms with Gasteiger partial charge in [0.2, 0.25) is 16.1 Å². The molecule has 0 aliphatic rings. The minimum atomic E-state index is -2.77. The number of phenolic OH excluding ortho intramolecular Hbond substituents is 2. The second kappa shape index (κ2) is 12.7. The number of aromatic hydroxyl groups is 2. The van der Waals surface area contributed by atoms with E-state index in [1.807, 2.05) is 0 Å². The van der Waals surface area contributed by atoms with E-state index in [2.05, 4.69) is 0 Å². The Labute approximate surface area is 205 Å². The van der Waals surface area contributed by atoms with Crippen LogP contribution in [0.4, 0.5) is 0 Å². The van der Waals surface area contributed by atoms with Crippen molar-refractivity contribution in [3.8, 4) is 33.8 Å². The Hall–Kier alpha value is -2.52. The molecule has 0 saturated carbocycles. The molecular weight excluding hydrogens is 512 g/mol. The monoisotopic (exact) mass is 532 g/mol. The largest absolute Gasteiger partial charge is 0.507 e. The van der Waals surface area contributed by atoms with E-state index in [1.54, 1.807) is 97.1 Å². The van der Waals surface area contributed by atoms with E-state index in [0.29, 0.717) is 32.9 Å². The molecule has 2 atom stereocenters. The molecule has 4 aromatic rings. The van der Waals surface area contributed by atoms with E-state index >= 15 is 0 Å². The van der Waals surface area contributed by atoms with Crippen LogP contribution in [0, 0.1) is 0 Å². The standard InChI is InChI=1S/2C12H11O3P.Zn/c2*13-11-7-3-1-5-9(11)10-6-2-4-8-12(10)16(14)15;/h2*1-8,13,16H,(H,14,15);. The van der Waals surface area contributed by atoms with Gasteiger partial charge in [0.05, 0.1) is 0 Å². The first-order chi connectivity index (χ1) is 15.4. The fourth-order valence-electron chi connectivity index (χ4n) is 3.21. The summed E-state index contributed by atoms with van der Waals surface area (Å²) in [6, 6.07) is 27.1. The van der Waals surface area contributed by atoms with E-state index in [9.17, 15) is 29.1 Å². The van der Waals surface area contributed by atoms with Gasteiger partial charge in [0.15, 0.2) is 0 Å².